The second-order valence-electron chi connectivity index (χ2n) is 3.80. The summed E-state index contributed by atoms with van der Waals surface area (Å²) >= 11 is 0. The van der Waals surface area contributed by atoms with Gasteiger partial charge in [-0.05, 0) is 12.1 Å². The van der Waals surface area contributed by atoms with E-state index < -0.39 is 0 Å². The molecule has 0 spiro atoms. The summed E-state index contributed by atoms with van der Waals surface area (Å²) in [4.78, 5) is 29.8. The van der Waals surface area contributed by atoms with Gasteiger partial charge in [-0.25, -0.2) is 4.98 Å². The lowest BCUT2D eigenvalue weighted by molar-refractivity contribution is -0.121. The largest absolute Gasteiger partial charge is 0.459 e. The summed E-state index contributed by atoms with van der Waals surface area (Å²) < 4.78 is 4.92. The SMILES string of the molecule is O=C(CCNC(=O)c1ccco1)NCc1ncc[nH]1. The van der Waals surface area contributed by atoms with E-state index in [0.29, 0.717) is 12.4 Å². The number of nitrogens with zero attached hydrogens (tertiary/aromatic N) is 1. The van der Waals surface area contributed by atoms with Gasteiger partial charge in [0.1, 0.15) is 5.82 Å². The van der Waals surface area contributed by atoms with Crippen LogP contribution in [0.3, 0.4) is 0 Å². The van der Waals surface area contributed by atoms with E-state index in [9.17, 15) is 9.59 Å². The molecule has 2 aromatic rings. The molecular formula is C12H14N4O3. The number of carbonyl (C=O) groups excluding carboxylic acids is 2. The van der Waals surface area contributed by atoms with Crippen molar-refractivity contribution in [2.24, 2.45) is 0 Å². The second kappa shape index (κ2) is 6.39. The first-order valence-electron chi connectivity index (χ1n) is 5.82. The van der Waals surface area contributed by atoms with Crippen molar-refractivity contribution >= 4 is 11.8 Å². The van der Waals surface area contributed by atoms with Gasteiger partial charge in [0.25, 0.3) is 5.91 Å². The third-order valence-electron chi connectivity index (χ3n) is 2.39. The summed E-state index contributed by atoms with van der Waals surface area (Å²) in [5.74, 6) is 0.434. The monoisotopic (exact) mass is 262 g/mol. The van der Waals surface area contributed by atoms with E-state index in [1.54, 1.807) is 24.5 Å². The summed E-state index contributed by atoms with van der Waals surface area (Å²) in [6.45, 7) is 0.599. The van der Waals surface area contributed by atoms with Gasteiger partial charge in [0.05, 0.1) is 12.8 Å². The van der Waals surface area contributed by atoms with Crippen molar-refractivity contribution in [3.63, 3.8) is 0 Å². The average Bonchev–Trinajstić information content (AvgIpc) is 3.09. The molecule has 2 heterocycles. The highest BCUT2D eigenvalue weighted by atomic mass is 16.3. The fraction of sp³-hybridized carbons (Fsp3) is 0.250. The van der Waals surface area contributed by atoms with Crippen LogP contribution in [-0.2, 0) is 11.3 Å². The van der Waals surface area contributed by atoms with Crippen molar-refractivity contribution in [2.45, 2.75) is 13.0 Å². The second-order valence-corrected chi connectivity index (χ2v) is 3.80. The summed E-state index contributed by atoms with van der Waals surface area (Å²) in [6, 6.07) is 3.19. The van der Waals surface area contributed by atoms with Crippen LogP contribution < -0.4 is 10.6 Å². The Hall–Kier alpha value is -2.57. The normalized spacial score (nSPS) is 10.1. The third-order valence-corrected chi connectivity index (χ3v) is 2.39. The molecule has 100 valence electrons. The highest BCUT2D eigenvalue weighted by molar-refractivity contribution is 5.91. The number of amides is 2. The van der Waals surface area contributed by atoms with Crippen molar-refractivity contribution in [3.8, 4) is 0 Å². The van der Waals surface area contributed by atoms with Gasteiger partial charge in [-0.15, -0.1) is 0 Å². The minimum atomic E-state index is -0.330. The molecule has 0 unspecified atom stereocenters. The van der Waals surface area contributed by atoms with Crippen LogP contribution in [0.2, 0.25) is 0 Å². The Morgan fingerprint density at radius 3 is 2.95 bits per heavy atom. The Kier molecular flexibility index (Phi) is 4.33. The molecule has 2 amide bonds. The Morgan fingerprint density at radius 2 is 2.26 bits per heavy atom. The molecule has 2 rings (SSSR count). The predicted octanol–water partition coefficient (Wildman–Crippen LogP) is 0.439. The highest BCUT2D eigenvalue weighted by Gasteiger charge is 2.08. The van der Waals surface area contributed by atoms with E-state index in [2.05, 4.69) is 20.6 Å². The standard InChI is InChI=1S/C12H14N4O3/c17-11(16-8-10-13-5-6-14-10)3-4-15-12(18)9-2-1-7-19-9/h1-2,5-7H,3-4,8H2,(H,13,14)(H,15,18)(H,16,17). The van der Waals surface area contributed by atoms with Crippen molar-refractivity contribution in [2.75, 3.05) is 6.54 Å². The van der Waals surface area contributed by atoms with Crippen LogP contribution in [0.1, 0.15) is 22.8 Å². The zero-order valence-electron chi connectivity index (χ0n) is 10.2. The van der Waals surface area contributed by atoms with Crippen LogP contribution in [0.5, 0.6) is 0 Å². The molecule has 7 nitrogen and oxygen atoms in total. The van der Waals surface area contributed by atoms with Crippen molar-refractivity contribution in [3.05, 3.63) is 42.4 Å². The van der Waals surface area contributed by atoms with Gasteiger partial charge in [-0.1, -0.05) is 0 Å². The molecule has 0 saturated heterocycles. The Balaban J connectivity index is 1.63. The lowest BCUT2D eigenvalue weighted by Crippen LogP contribution is -2.30. The van der Waals surface area contributed by atoms with Gasteiger partial charge in [-0.2, -0.15) is 0 Å². The number of hydrogen-bond donors (Lipinski definition) is 3. The van der Waals surface area contributed by atoms with Gasteiger partial charge in [0.15, 0.2) is 5.76 Å². The number of furan rings is 1. The Bertz CT molecular complexity index is 519. The zero-order chi connectivity index (χ0) is 13.5. The molecule has 0 fully saturated rings. The number of rotatable bonds is 6. The molecule has 19 heavy (non-hydrogen) atoms. The predicted molar refractivity (Wildman–Crippen MR) is 66.1 cm³/mol. The van der Waals surface area contributed by atoms with E-state index in [0.717, 1.165) is 0 Å². The van der Waals surface area contributed by atoms with Crippen LogP contribution in [0.4, 0.5) is 0 Å². The molecule has 0 atom stereocenters. The molecule has 0 bridgehead atoms. The molecule has 2 aromatic heterocycles. The van der Waals surface area contributed by atoms with Gasteiger partial charge >= 0.3 is 0 Å². The Labute approximate surface area is 109 Å². The molecule has 0 aliphatic carbocycles. The zero-order valence-corrected chi connectivity index (χ0v) is 10.2. The molecule has 0 aromatic carbocycles. The maximum absolute atomic E-state index is 11.5. The van der Waals surface area contributed by atoms with Crippen LogP contribution in [0, 0.1) is 0 Å². The maximum atomic E-state index is 11.5. The summed E-state index contributed by atoms with van der Waals surface area (Å²) in [7, 11) is 0. The highest BCUT2D eigenvalue weighted by Crippen LogP contribution is 1.98. The minimum Gasteiger partial charge on any atom is -0.459 e. The first kappa shape index (κ1) is 12.9. The van der Waals surface area contributed by atoms with Crippen LogP contribution in [-0.4, -0.2) is 28.3 Å². The molecule has 3 N–H and O–H groups in total. The smallest absolute Gasteiger partial charge is 0.286 e. The fourth-order valence-electron chi connectivity index (χ4n) is 1.45. The first-order valence-corrected chi connectivity index (χ1v) is 5.82. The summed E-state index contributed by atoms with van der Waals surface area (Å²) in [5, 5.41) is 5.28. The van der Waals surface area contributed by atoms with Crippen molar-refractivity contribution in [1.29, 1.82) is 0 Å². The van der Waals surface area contributed by atoms with Gasteiger partial charge in [0, 0.05) is 25.4 Å². The molecule has 0 saturated carbocycles. The third kappa shape index (κ3) is 3.98. The van der Waals surface area contributed by atoms with E-state index in [4.69, 9.17) is 4.42 Å². The number of H-pyrrole nitrogens is 1. The first-order chi connectivity index (χ1) is 9.25. The molecule has 0 radical (unpaired) electrons. The summed E-state index contributed by atoms with van der Waals surface area (Å²) in [5.41, 5.74) is 0. The van der Waals surface area contributed by atoms with E-state index >= 15 is 0 Å². The summed E-state index contributed by atoms with van der Waals surface area (Å²) in [6.07, 6.45) is 4.92. The number of hydrogen-bond acceptors (Lipinski definition) is 4. The van der Waals surface area contributed by atoms with Gasteiger partial charge in [-0.3, -0.25) is 9.59 Å². The van der Waals surface area contributed by atoms with Crippen LogP contribution >= 0.6 is 0 Å². The van der Waals surface area contributed by atoms with E-state index in [-0.39, 0.29) is 30.5 Å². The number of aromatic nitrogens is 2. The van der Waals surface area contributed by atoms with E-state index in [1.807, 2.05) is 0 Å². The minimum absolute atomic E-state index is 0.156. The maximum Gasteiger partial charge on any atom is 0.286 e. The Morgan fingerprint density at radius 1 is 1.37 bits per heavy atom. The van der Waals surface area contributed by atoms with E-state index in [1.165, 1.54) is 6.26 Å². The lowest BCUT2D eigenvalue weighted by atomic mass is 10.3. The number of imidazole rings is 1. The van der Waals surface area contributed by atoms with Crippen LogP contribution in [0.15, 0.2) is 35.2 Å². The molecule has 0 aliphatic heterocycles. The number of carbonyl (C=O) groups is 2. The van der Waals surface area contributed by atoms with Gasteiger partial charge < -0.3 is 20.0 Å². The number of nitrogens with one attached hydrogen (secondary N) is 3. The lowest BCUT2D eigenvalue weighted by Gasteiger charge is -2.04. The van der Waals surface area contributed by atoms with Crippen molar-refractivity contribution < 1.29 is 14.0 Å². The quantitative estimate of drug-likeness (QED) is 0.703. The molecule has 7 heteroatoms. The fourth-order valence-corrected chi connectivity index (χ4v) is 1.45. The van der Waals surface area contributed by atoms with Gasteiger partial charge in [0.2, 0.25) is 5.91 Å². The molecule has 0 aliphatic rings. The average molecular weight is 262 g/mol. The topological polar surface area (TPSA) is 100 Å². The number of aromatic amines is 1. The van der Waals surface area contributed by atoms with Crippen LogP contribution in [0.25, 0.3) is 0 Å². The van der Waals surface area contributed by atoms with Crippen molar-refractivity contribution in [1.82, 2.24) is 20.6 Å². The molecular weight excluding hydrogens is 248 g/mol.